The third-order valence-corrected chi connectivity index (χ3v) is 5.55. The molecular weight excluding hydrogens is 364 g/mol. The molecule has 0 N–H and O–H groups in total. The van der Waals surface area contributed by atoms with Gasteiger partial charge in [0.05, 0.1) is 20.4 Å². The molecule has 0 spiro atoms. The van der Waals surface area contributed by atoms with Crippen LogP contribution in [0.3, 0.4) is 0 Å². The van der Waals surface area contributed by atoms with Crippen LogP contribution in [0.5, 0.6) is 11.5 Å². The minimum Gasteiger partial charge on any atom is -0.497 e. The smallest absolute Gasteiger partial charge is 0.332 e. The molecule has 11 heteroatoms. The molecule has 2 aromatic heterocycles. The fraction of sp³-hybridized carbons (Fsp3) is 0.267. The van der Waals surface area contributed by atoms with Gasteiger partial charge in [-0.3, -0.25) is 13.9 Å². The number of hydrogen-bond donors (Lipinski definition) is 0. The van der Waals surface area contributed by atoms with E-state index in [2.05, 4.69) is 5.10 Å². The third-order valence-electron chi connectivity index (χ3n) is 4.00. The highest BCUT2D eigenvalue weighted by Gasteiger charge is 2.25. The van der Waals surface area contributed by atoms with Crippen LogP contribution in [0.2, 0.25) is 0 Å². The Kier molecular flexibility index (Phi) is 4.11. The summed E-state index contributed by atoms with van der Waals surface area (Å²) in [6, 6.07) is 4.29. The van der Waals surface area contributed by atoms with Crippen molar-refractivity contribution < 1.29 is 17.9 Å². The second kappa shape index (κ2) is 6.02. The largest absolute Gasteiger partial charge is 0.497 e. The Morgan fingerprint density at radius 2 is 1.73 bits per heavy atom. The van der Waals surface area contributed by atoms with Crippen molar-refractivity contribution in [3.05, 3.63) is 45.2 Å². The van der Waals surface area contributed by atoms with Gasteiger partial charge in [-0.2, -0.15) is 12.5 Å². The van der Waals surface area contributed by atoms with E-state index in [-0.39, 0.29) is 21.7 Å². The van der Waals surface area contributed by atoms with Crippen molar-refractivity contribution in [3.63, 3.8) is 0 Å². The Hall–Kier alpha value is -3.08. The van der Waals surface area contributed by atoms with Gasteiger partial charge in [-0.05, 0) is 12.1 Å². The zero-order valence-corrected chi connectivity index (χ0v) is 15.3. The lowest BCUT2D eigenvalue weighted by molar-refractivity contribution is 0.392. The van der Waals surface area contributed by atoms with E-state index in [4.69, 9.17) is 9.47 Å². The first kappa shape index (κ1) is 17.7. The molecule has 0 bridgehead atoms. The van der Waals surface area contributed by atoms with Gasteiger partial charge in [0.25, 0.3) is 15.6 Å². The molecule has 0 amide bonds. The normalized spacial score (nSPS) is 11.7. The summed E-state index contributed by atoms with van der Waals surface area (Å²) in [5, 5.41) is 3.94. The Morgan fingerprint density at radius 3 is 2.35 bits per heavy atom. The number of aromatic nitrogens is 4. The lowest BCUT2D eigenvalue weighted by Crippen LogP contribution is -2.36. The topological polar surface area (TPSA) is 114 Å². The number of fused-ring (bicyclic) bond motifs is 1. The van der Waals surface area contributed by atoms with Crippen molar-refractivity contribution in [2.45, 2.75) is 4.90 Å². The maximum atomic E-state index is 13.0. The van der Waals surface area contributed by atoms with Gasteiger partial charge >= 0.3 is 5.69 Å². The minimum absolute atomic E-state index is 0.0000351. The lowest BCUT2D eigenvalue weighted by atomic mass is 10.3. The minimum atomic E-state index is -4.20. The molecule has 3 aromatic rings. The molecule has 0 aliphatic heterocycles. The predicted molar refractivity (Wildman–Crippen MR) is 92.3 cm³/mol. The van der Waals surface area contributed by atoms with Crippen molar-refractivity contribution in [3.8, 4) is 11.5 Å². The number of benzene rings is 1. The highest BCUT2D eigenvalue weighted by Crippen LogP contribution is 2.29. The standard InChI is InChI=1S/C15H16N4O6S/c1-17-13-10(14(20)18(2)15(17)21)8-19(16-13)26(22,23)12-7-9(24-3)5-6-11(12)25-4/h5-8H,1-4H3. The molecular formula is C15H16N4O6S. The van der Waals surface area contributed by atoms with E-state index in [0.717, 1.165) is 15.3 Å². The molecule has 10 nitrogen and oxygen atoms in total. The number of hydrogen-bond acceptors (Lipinski definition) is 7. The Balaban J connectivity index is 2.33. The maximum Gasteiger partial charge on any atom is 0.332 e. The van der Waals surface area contributed by atoms with Gasteiger partial charge in [0, 0.05) is 20.2 Å². The van der Waals surface area contributed by atoms with Gasteiger partial charge < -0.3 is 9.47 Å². The summed E-state index contributed by atoms with van der Waals surface area (Å²) in [4.78, 5) is 24.1. The van der Waals surface area contributed by atoms with Crippen LogP contribution in [0.1, 0.15) is 0 Å². The highest BCUT2D eigenvalue weighted by molar-refractivity contribution is 7.90. The number of aryl methyl sites for hydroxylation is 1. The van der Waals surface area contributed by atoms with Gasteiger partial charge in [-0.1, -0.05) is 0 Å². The van der Waals surface area contributed by atoms with E-state index in [0.29, 0.717) is 9.84 Å². The molecule has 0 unspecified atom stereocenters. The monoisotopic (exact) mass is 380 g/mol. The summed E-state index contributed by atoms with van der Waals surface area (Å²) in [5.74, 6) is 0.400. The molecule has 26 heavy (non-hydrogen) atoms. The Morgan fingerprint density at radius 1 is 1.04 bits per heavy atom. The molecule has 0 saturated heterocycles. The lowest BCUT2D eigenvalue weighted by Gasteiger charge is -2.10. The van der Waals surface area contributed by atoms with Gasteiger partial charge in [-0.25, -0.2) is 4.79 Å². The summed E-state index contributed by atoms with van der Waals surface area (Å²) < 4.78 is 38.8. The van der Waals surface area contributed by atoms with Crippen molar-refractivity contribution >= 4 is 21.1 Å². The van der Waals surface area contributed by atoms with E-state index in [1.165, 1.54) is 40.4 Å². The zero-order chi connectivity index (χ0) is 19.2. The van der Waals surface area contributed by atoms with Crippen LogP contribution in [0.15, 0.2) is 38.9 Å². The second-order valence-corrected chi connectivity index (χ2v) is 7.23. The van der Waals surface area contributed by atoms with Crippen molar-refractivity contribution in [2.75, 3.05) is 14.2 Å². The highest BCUT2D eigenvalue weighted by atomic mass is 32.2. The van der Waals surface area contributed by atoms with Crippen molar-refractivity contribution in [1.29, 1.82) is 0 Å². The fourth-order valence-corrected chi connectivity index (χ4v) is 3.84. The Bertz CT molecular complexity index is 1240. The molecule has 1 aromatic carbocycles. The summed E-state index contributed by atoms with van der Waals surface area (Å²) >= 11 is 0. The zero-order valence-electron chi connectivity index (χ0n) is 14.5. The van der Waals surface area contributed by atoms with Crippen LogP contribution in [-0.4, -0.2) is 41.0 Å². The molecule has 0 radical (unpaired) electrons. The van der Waals surface area contributed by atoms with Crippen LogP contribution in [0, 0.1) is 0 Å². The third kappa shape index (κ3) is 2.47. The summed E-state index contributed by atoms with van der Waals surface area (Å²) in [5.41, 5.74) is -1.28. The number of rotatable bonds is 4. The van der Waals surface area contributed by atoms with Gasteiger partial charge in [-0.15, -0.1) is 5.10 Å². The first-order chi connectivity index (χ1) is 12.2. The van der Waals surface area contributed by atoms with E-state index in [9.17, 15) is 18.0 Å². The molecule has 0 aliphatic carbocycles. The first-order valence-electron chi connectivity index (χ1n) is 7.35. The van der Waals surface area contributed by atoms with Gasteiger partial charge in [0.15, 0.2) is 5.65 Å². The molecule has 0 aliphatic rings. The van der Waals surface area contributed by atoms with Crippen LogP contribution in [0.4, 0.5) is 0 Å². The van der Waals surface area contributed by atoms with Crippen molar-refractivity contribution in [2.24, 2.45) is 14.1 Å². The summed E-state index contributed by atoms with van der Waals surface area (Å²) in [6.07, 6.45) is 1.07. The SMILES string of the molecule is COc1ccc(OC)c(S(=O)(=O)n2cc3c(=O)n(C)c(=O)n(C)c3n2)c1. The molecule has 0 fully saturated rings. The summed E-state index contributed by atoms with van der Waals surface area (Å²) in [6.45, 7) is 0. The first-order valence-corrected chi connectivity index (χ1v) is 8.79. The van der Waals surface area contributed by atoms with Crippen LogP contribution in [0.25, 0.3) is 11.0 Å². The molecule has 138 valence electrons. The number of methoxy groups -OCH3 is 2. The van der Waals surface area contributed by atoms with Crippen LogP contribution < -0.4 is 20.7 Å². The average Bonchev–Trinajstić information content (AvgIpc) is 3.10. The van der Waals surface area contributed by atoms with Crippen LogP contribution in [-0.2, 0) is 24.1 Å². The second-order valence-electron chi connectivity index (χ2n) is 5.47. The van der Waals surface area contributed by atoms with Gasteiger partial charge in [0.1, 0.15) is 21.8 Å². The quantitative estimate of drug-likeness (QED) is 0.610. The molecule has 0 saturated carbocycles. The van der Waals surface area contributed by atoms with E-state index in [1.54, 1.807) is 6.07 Å². The molecule has 0 atom stereocenters. The van der Waals surface area contributed by atoms with Gasteiger partial charge in [0.2, 0.25) is 0 Å². The average molecular weight is 380 g/mol. The summed E-state index contributed by atoms with van der Waals surface area (Å²) in [7, 11) is 1.25. The maximum absolute atomic E-state index is 13.0. The van der Waals surface area contributed by atoms with E-state index < -0.39 is 21.3 Å². The predicted octanol–water partition coefficient (Wildman–Crippen LogP) is -0.312. The molecule has 3 rings (SSSR count). The molecule has 2 heterocycles. The van der Waals surface area contributed by atoms with Crippen molar-refractivity contribution in [1.82, 2.24) is 18.3 Å². The number of ether oxygens (including phenoxy) is 2. The van der Waals surface area contributed by atoms with E-state index >= 15 is 0 Å². The Labute approximate surface area is 147 Å². The van der Waals surface area contributed by atoms with E-state index in [1.807, 2.05) is 0 Å². The van der Waals surface area contributed by atoms with Crippen LogP contribution >= 0.6 is 0 Å². The fourth-order valence-electron chi connectivity index (χ4n) is 2.54. The number of nitrogens with zero attached hydrogens (tertiary/aromatic N) is 4.